The smallest absolute Gasteiger partial charge is 0.240 e. The Balaban J connectivity index is 2.03. The highest BCUT2D eigenvalue weighted by Crippen LogP contribution is 2.30. The maximum Gasteiger partial charge on any atom is 0.240 e. The van der Waals surface area contributed by atoms with E-state index in [4.69, 9.17) is 9.26 Å². The van der Waals surface area contributed by atoms with Crippen molar-refractivity contribution in [3.63, 3.8) is 0 Å². The molecule has 17 heavy (non-hydrogen) atoms. The van der Waals surface area contributed by atoms with E-state index in [1.807, 2.05) is 0 Å². The van der Waals surface area contributed by atoms with Crippen LogP contribution in [0.4, 0.5) is 0 Å². The van der Waals surface area contributed by atoms with Crippen LogP contribution in [0, 0.1) is 0 Å². The summed E-state index contributed by atoms with van der Waals surface area (Å²) in [5, 5.41) is 7.40. The van der Waals surface area contributed by atoms with Gasteiger partial charge in [-0.1, -0.05) is 19.0 Å². The van der Waals surface area contributed by atoms with Crippen molar-refractivity contribution in [1.82, 2.24) is 15.5 Å². The molecular formula is C12H21N3O2. The van der Waals surface area contributed by atoms with Gasteiger partial charge in [0.25, 0.3) is 0 Å². The molecule has 0 aliphatic heterocycles. The van der Waals surface area contributed by atoms with Crippen molar-refractivity contribution in [2.45, 2.75) is 57.7 Å². The fourth-order valence-corrected chi connectivity index (χ4v) is 1.98. The van der Waals surface area contributed by atoms with Gasteiger partial charge in [0.2, 0.25) is 11.7 Å². The second kappa shape index (κ2) is 5.14. The molecule has 0 radical (unpaired) electrons. The van der Waals surface area contributed by atoms with Crippen LogP contribution in [-0.2, 0) is 16.9 Å². The Hall–Kier alpha value is -0.940. The largest absolute Gasteiger partial charge is 0.370 e. The van der Waals surface area contributed by atoms with Crippen LogP contribution in [0.15, 0.2) is 4.52 Å². The van der Waals surface area contributed by atoms with Crippen molar-refractivity contribution in [3.8, 4) is 0 Å². The molecule has 2 rings (SSSR count). The summed E-state index contributed by atoms with van der Waals surface area (Å²) < 4.78 is 10.8. The fourth-order valence-electron chi connectivity index (χ4n) is 1.98. The number of ether oxygens (including phenoxy) is 1. The molecule has 0 amide bonds. The van der Waals surface area contributed by atoms with Gasteiger partial charge in [0.05, 0.1) is 6.54 Å². The number of rotatable bonds is 7. The van der Waals surface area contributed by atoms with E-state index in [0.717, 1.165) is 12.8 Å². The standard InChI is InChI=1S/C12H21N3O2/c1-4-12(5-2,16-3)11-14-10(17-15-11)8-13-9-6-7-9/h9,13H,4-8H2,1-3H3. The highest BCUT2D eigenvalue weighted by Gasteiger charge is 2.33. The lowest BCUT2D eigenvalue weighted by Crippen LogP contribution is -2.28. The SMILES string of the molecule is CCC(CC)(OC)c1noc(CNC2CC2)n1. The monoisotopic (exact) mass is 239 g/mol. The van der Waals surface area contributed by atoms with Gasteiger partial charge in [0.15, 0.2) is 0 Å². The van der Waals surface area contributed by atoms with Gasteiger partial charge in [-0.05, 0) is 25.7 Å². The Labute approximate surface area is 102 Å². The molecule has 1 aliphatic carbocycles. The molecule has 5 heteroatoms. The van der Waals surface area contributed by atoms with Crippen molar-refractivity contribution >= 4 is 0 Å². The molecule has 1 fully saturated rings. The topological polar surface area (TPSA) is 60.2 Å². The van der Waals surface area contributed by atoms with Crippen molar-refractivity contribution < 1.29 is 9.26 Å². The molecule has 1 aliphatic rings. The zero-order chi connectivity index (χ0) is 12.3. The maximum absolute atomic E-state index is 5.57. The van der Waals surface area contributed by atoms with E-state index in [1.165, 1.54) is 12.8 Å². The van der Waals surface area contributed by atoms with Crippen LogP contribution < -0.4 is 5.32 Å². The lowest BCUT2D eigenvalue weighted by atomic mass is 9.96. The van der Waals surface area contributed by atoms with Gasteiger partial charge >= 0.3 is 0 Å². The molecule has 0 aromatic carbocycles. The minimum Gasteiger partial charge on any atom is -0.370 e. The van der Waals surface area contributed by atoms with Crippen molar-refractivity contribution in [1.29, 1.82) is 0 Å². The van der Waals surface area contributed by atoms with Crippen LogP contribution in [0.5, 0.6) is 0 Å². The molecule has 1 aromatic rings. The average molecular weight is 239 g/mol. The van der Waals surface area contributed by atoms with Crippen LogP contribution >= 0.6 is 0 Å². The van der Waals surface area contributed by atoms with Gasteiger partial charge in [0, 0.05) is 13.2 Å². The predicted octanol–water partition coefficient (Wildman–Crippen LogP) is 1.98. The fraction of sp³-hybridized carbons (Fsp3) is 0.833. The molecule has 0 spiro atoms. The van der Waals surface area contributed by atoms with E-state index in [0.29, 0.717) is 24.3 Å². The van der Waals surface area contributed by atoms with Crippen LogP contribution in [-0.4, -0.2) is 23.3 Å². The molecular weight excluding hydrogens is 218 g/mol. The van der Waals surface area contributed by atoms with E-state index in [-0.39, 0.29) is 0 Å². The van der Waals surface area contributed by atoms with Gasteiger partial charge < -0.3 is 14.6 Å². The normalized spacial score (nSPS) is 16.4. The molecule has 96 valence electrons. The first-order chi connectivity index (χ1) is 8.24. The van der Waals surface area contributed by atoms with Crippen molar-refractivity contribution in [3.05, 3.63) is 11.7 Å². The number of aromatic nitrogens is 2. The first-order valence-electron chi connectivity index (χ1n) is 6.35. The zero-order valence-corrected chi connectivity index (χ0v) is 10.8. The Bertz CT molecular complexity index is 348. The predicted molar refractivity (Wildman–Crippen MR) is 63.4 cm³/mol. The summed E-state index contributed by atoms with van der Waals surface area (Å²) in [6.45, 7) is 4.81. The second-order valence-corrected chi connectivity index (χ2v) is 4.57. The first-order valence-corrected chi connectivity index (χ1v) is 6.35. The molecule has 1 N–H and O–H groups in total. The molecule has 0 saturated heterocycles. The molecule has 1 aromatic heterocycles. The van der Waals surface area contributed by atoms with Crippen LogP contribution in [0.1, 0.15) is 51.2 Å². The van der Waals surface area contributed by atoms with Crippen molar-refractivity contribution in [2.75, 3.05) is 7.11 Å². The summed E-state index contributed by atoms with van der Waals surface area (Å²) in [4.78, 5) is 4.43. The molecule has 1 saturated carbocycles. The number of nitrogens with zero attached hydrogens (tertiary/aromatic N) is 2. The number of hydrogen-bond acceptors (Lipinski definition) is 5. The number of methoxy groups -OCH3 is 1. The summed E-state index contributed by atoms with van der Waals surface area (Å²) in [6, 6.07) is 0.648. The zero-order valence-electron chi connectivity index (χ0n) is 10.8. The molecule has 5 nitrogen and oxygen atoms in total. The highest BCUT2D eigenvalue weighted by atomic mass is 16.5. The van der Waals surface area contributed by atoms with Gasteiger partial charge in [-0.15, -0.1) is 0 Å². The third-order valence-electron chi connectivity index (χ3n) is 3.53. The Morgan fingerprint density at radius 3 is 2.65 bits per heavy atom. The lowest BCUT2D eigenvalue weighted by molar-refractivity contribution is -0.0306. The Morgan fingerprint density at radius 1 is 1.41 bits per heavy atom. The maximum atomic E-state index is 5.57. The summed E-state index contributed by atoms with van der Waals surface area (Å²) in [5.74, 6) is 1.31. The van der Waals surface area contributed by atoms with Gasteiger partial charge in [-0.25, -0.2) is 0 Å². The van der Waals surface area contributed by atoms with E-state index >= 15 is 0 Å². The second-order valence-electron chi connectivity index (χ2n) is 4.57. The Kier molecular flexibility index (Phi) is 3.79. The average Bonchev–Trinajstić information content (AvgIpc) is 3.08. The van der Waals surface area contributed by atoms with Crippen LogP contribution in [0.3, 0.4) is 0 Å². The minimum atomic E-state index is -0.401. The molecule has 0 bridgehead atoms. The van der Waals surface area contributed by atoms with Gasteiger partial charge in [-0.2, -0.15) is 4.98 Å². The lowest BCUT2D eigenvalue weighted by Gasteiger charge is -2.25. The van der Waals surface area contributed by atoms with Crippen LogP contribution in [0.25, 0.3) is 0 Å². The van der Waals surface area contributed by atoms with Crippen LogP contribution in [0.2, 0.25) is 0 Å². The van der Waals surface area contributed by atoms with Gasteiger partial charge in [-0.3, -0.25) is 0 Å². The summed E-state index contributed by atoms with van der Waals surface area (Å²) in [6.07, 6.45) is 4.20. The van der Waals surface area contributed by atoms with Gasteiger partial charge in [0.1, 0.15) is 5.60 Å². The third kappa shape index (κ3) is 2.66. The first kappa shape index (κ1) is 12.5. The molecule has 0 unspecified atom stereocenters. The quantitative estimate of drug-likeness (QED) is 0.788. The number of nitrogens with one attached hydrogen (secondary N) is 1. The van der Waals surface area contributed by atoms with Crippen molar-refractivity contribution in [2.24, 2.45) is 0 Å². The minimum absolute atomic E-state index is 0.401. The third-order valence-corrected chi connectivity index (χ3v) is 3.53. The summed E-state index contributed by atoms with van der Waals surface area (Å²) in [5.41, 5.74) is -0.401. The van der Waals surface area contributed by atoms with E-state index in [1.54, 1.807) is 7.11 Å². The molecule has 0 atom stereocenters. The summed E-state index contributed by atoms with van der Waals surface area (Å²) >= 11 is 0. The van der Waals surface area contributed by atoms with E-state index in [2.05, 4.69) is 29.3 Å². The number of hydrogen-bond donors (Lipinski definition) is 1. The Morgan fingerprint density at radius 2 is 2.12 bits per heavy atom. The van der Waals surface area contributed by atoms with E-state index < -0.39 is 5.60 Å². The van der Waals surface area contributed by atoms with E-state index in [9.17, 15) is 0 Å². The summed E-state index contributed by atoms with van der Waals surface area (Å²) in [7, 11) is 1.70. The molecule has 1 heterocycles. The highest BCUT2D eigenvalue weighted by molar-refractivity contribution is 5.01.